The van der Waals surface area contributed by atoms with Crippen LogP contribution in [-0.4, -0.2) is 66.0 Å². The molecule has 4 amide bonds. The van der Waals surface area contributed by atoms with Crippen molar-refractivity contribution in [2.24, 2.45) is 5.73 Å². The minimum absolute atomic E-state index is 0.0194. The molecule has 0 heterocycles. The van der Waals surface area contributed by atoms with Crippen LogP contribution in [0.5, 0.6) is 0 Å². The van der Waals surface area contributed by atoms with E-state index in [0.717, 1.165) is 12.8 Å². The number of esters is 1. The van der Waals surface area contributed by atoms with Crippen molar-refractivity contribution in [1.82, 2.24) is 15.5 Å². The van der Waals surface area contributed by atoms with Gasteiger partial charge in [-0.25, -0.2) is 4.79 Å². The Bertz CT molecular complexity index is 1060. The molecule has 0 saturated heterocycles. The van der Waals surface area contributed by atoms with Gasteiger partial charge in [-0.05, 0) is 51.8 Å². The Morgan fingerprint density at radius 3 is 2.25 bits per heavy atom. The van der Waals surface area contributed by atoms with Crippen LogP contribution in [0.15, 0.2) is 24.3 Å². The molecule has 2 atom stereocenters. The van der Waals surface area contributed by atoms with Gasteiger partial charge in [-0.15, -0.1) is 6.42 Å². The van der Waals surface area contributed by atoms with Gasteiger partial charge in [-0.2, -0.15) is 0 Å². The zero-order valence-corrected chi connectivity index (χ0v) is 24.1. The Balaban J connectivity index is 3.46. The molecule has 0 fully saturated rings. The van der Waals surface area contributed by atoms with E-state index in [-0.39, 0.29) is 26.1 Å². The van der Waals surface area contributed by atoms with Crippen molar-refractivity contribution in [3.8, 4) is 12.3 Å². The molecule has 1 rings (SSSR count). The molecule has 11 heteroatoms. The average Bonchev–Trinajstić information content (AvgIpc) is 2.86. The molecule has 11 nitrogen and oxygen atoms in total. The number of terminal acetylenes is 1. The normalized spacial score (nSPS) is 12.3. The first-order valence-corrected chi connectivity index (χ1v) is 13.4. The fourth-order valence-electron chi connectivity index (χ4n) is 3.80. The summed E-state index contributed by atoms with van der Waals surface area (Å²) in [5.41, 5.74) is 5.58. The van der Waals surface area contributed by atoms with Gasteiger partial charge in [-0.1, -0.05) is 37.8 Å². The van der Waals surface area contributed by atoms with Crippen molar-refractivity contribution in [2.45, 2.75) is 84.4 Å². The molecule has 0 spiro atoms. The van der Waals surface area contributed by atoms with Crippen LogP contribution >= 0.6 is 0 Å². The van der Waals surface area contributed by atoms with Gasteiger partial charge in [-0.3, -0.25) is 19.2 Å². The van der Waals surface area contributed by atoms with Crippen LogP contribution in [-0.2, 0) is 28.7 Å². The van der Waals surface area contributed by atoms with E-state index in [9.17, 15) is 24.0 Å². The molecule has 220 valence electrons. The number of benzene rings is 1. The summed E-state index contributed by atoms with van der Waals surface area (Å²) in [4.78, 5) is 65.0. The number of nitrogens with two attached hydrogens (primary N) is 1. The summed E-state index contributed by atoms with van der Waals surface area (Å²) in [7, 11) is 0. The molecule has 1 aromatic rings. The number of hydrogen-bond donors (Lipinski definition) is 3. The van der Waals surface area contributed by atoms with Crippen LogP contribution in [0.3, 0.4) is 0 Å². The van der Waals surface area contributed by atoms with Crippen LogP contribution in [0.25, 0.3) is 0 Å². The van der Waals surface area contributed by atoms with Gasteiger partial charge in [0.1, 0.15) is 17.7 Å². The summed E-state index contributed by atoms with van der Waals surface area (Å²) < 4.78 is 10.2. The molecule has 0 bridgehead atoms. The van der Waals surface area contributed by atoms with Crippen LogP contribution < -0.4 is 16.4 Å². The number of amides is 4. The van der Waals surface area contributed by atoms with E-state index in [2.05, 4.69) is 16.6 Å². The van der Waals surface area contributed by atoms with Gasteiger partial charge < -0.3 is 30.7 Å². The maximum absolute atomic E-state index is 13.9. The van der Waals surface area contributed by atoms with Crippen LogP contribution in [0.2, 0.25) is 0 Å². The second-order valence-electron chi connectivity index (χ2n) is 10.1. The summed E-state index contributed by atoms with van der Waals surface area (Å²) in [6.45, 7) is 8.98. The van der Waals surface area contributed by atoms with E-state index in [0.29, 0.717) is 17.5 Å². The minimum atomic E-state index is -1.38. The Morgan fingerprint density at radius 1 is 1.07 bits per heavy atom. The van der Waals surface area contributed by atoms with Crippen molar-refractivity contribution in [3.05, 3.63) is 35.4 Å². The summed E-state index contributed by atoms with van der Waals surface area (Å²) in [6.07, 6.45) is 6.17. The van der Waals surface area contributed by atoms with Gasteiger partial charge in [0.15, 0.2) is 0 Å². The first-order valence-electron chi connectivity index (χ1n) is 13.4. The number of carbonyl (C=O) groups excluding carboxylic acids is 5. The highest BCUT2D eigenvalue weighted by atomic mass is 16.6. The molecule has 0 aliphatic heterocycles. The van der Waals surface area contributed by atoms with Crippen LogP contribution in [0, 0.1) is 12.3 Å². The van der Waals surface area contributed by atoms with Crippen LogP contribution in [0.1, 0.15) is 83.9 Å². The van der Waals surface area contributed by atoms with Crippen molar-refractivity contribution in [2.75, 3.05) is 19.7 Å². The topological polar surface area (TPSA) is 157 Å². The van der Waals surface area contributed by atoms with Gasteiger partial charge in [0.2, 0.25) is 17.7 Å². The maximum Gasteiger partial charge on any atom is 0.408 e. The Hall–Kier alpha value is -4.07. The lowest BCUT2D eigenvalue weighted by molar-refractivity contribution is -0.144. The monoisotopic (exact) mass is 558 g/mol. The predicted molar refractivity (Wildman–Crippen MR) is 150 cm³/mol. The highest BCUT2D eigenvalue weighted by molar-refractivity contribution is 5.94. The number of hydrogen-bond acceptors (Lipinski definition) is 7. The fourth-order valence-corrected chi connectivity index (χ4v) is 3.80. The molecule has 1 aromatic carbocycles. The molecule has 0 radical (unpaired) electrons. The largest absolute Gasteiger partial charge is 0.466 e. The number of nitrogens with zero attached hydrogens (tertiary/aromatic N) is 1. The summed E-state index contributed by atoms with van der Waals surface area (Å²) in [5.74, 6) is -0.0335. The standard InChI is InChI=1S/C29H42N4O7/c1-7-10-11-18-33(27(37)22(19-23(30)34)32-28(38)40-29(4,5)6)25(21-14-12-20(8-2)13-15-21)26(36)31-17-16-24(35)39-9-3/h2,12-15,22,25H,7,9-11,16-19H2,1,3-6H3,(H2,30,34)(H,31,36)(H,32,38). The maximum atomic E-state index is 13.9. The molecule has 0 saturated carbocycles. The third-order valence-corrected chi connectivity index (χ3v) is 5.57. The van der Waals surface area contributed by atoms with E-state index in [4.69, 9.17) is 21.6 Å². The fraction of sp³-hybridized carbons (Fsp3) is 0.552. The van der Waals surface area contributed by atoms with Gasteiger partial charge in [0.25, 0.3) is 0 Å². The highest BCUT2D eigenvalue weighted by Crippen LogP contribution is 2.24. The van der Waals surface area contributed by atoms with Crippen molar-refractivity contribution < 1.29 is 33.4 Å². The van der Waals surface area contributed by atoms with E-state index in [1.165, 1.54) is 4.90 Å². The lowest BCUT2D eigenvalue weighted by atomic mass is 10.00. The average molecular weight is 559 g/mol. The minimum Gasteiger partial charge on any atom is -0.466 e. The lowest BCUT2D eigenvalue weighted by Crippen LogP contribution is -2.54. The third-order valence-electron chi connectivity index (χ3n) is 5.57. The lowest BCUT2D eigenvalue weighted by Gasteiger charge is -2.34. The van der Waals surface area contributed by atoms with E-state index >= 15 is 0 Å². The molecular formula is C29H42N4O7. The SMILES string of the molecule is C#Cc1ccc(C(C(=O)NCCC(=O)OCC)N(CCCCC)C(=O)C(CC(N)=O)NC(=O)OC(C)(C)C)cc1. The van der Waals surface area contributed by atoms with Gasteiger partial charge in [0, 0.05) is 18.7 Å². The van der Waals surface area contributed by atoms with Crippen molar-refractivity contribution in [3.63, 3.8) is 0 Å². The first kappa shape index (κ1) is 34.0. The molecule has 0 aliphatic rings. The van der Waals surface area contributed by atoms with Crippen molar-refractivity contribution >= 4 is 29.8 Å². The van der Waals surface area contributed by atoms with E-state index in [1.54, 1.807) is 52.0 Å². The molecule has 0 aliphatic carbocycles. The smallest absolute Gasteiger partial charge is 0.408 e. The number of alkyl carbamates (subject to hydrolysis) is 1. The van der Waals surface area contributed by atoms with Crippen molar-refractivity contribution in [1.29, 1.82) is 0 Å². The Kier molecular flexibility index (Phi) is 14.3. The first-order chi connectivity index (χ1) is 18.8. The highest BCUT2D eigenvalue weighted by Gasteiger charge is 2.36. The number of rotatable bonds is 15. The third kappa shape index (κ3) is 12.2. The van der Waals surface area contributed by atoms with Crippen LogP contribution in [0.4, 0.5) is 4.79 Å². The summed E-state index contributed by atoms with van der Waals surface area (Å²) in [6, 6.07) is 4.01. The zero-order valence-electron chi connectivity index (χ0n) is 24.1. The van der Waals surface area contributed by atoms with Gasteiger partial charge >= 0.3 is 12.1 Å². The molecule has 40 heavy (non-hydrogen) atoms. The number of carbonyl (C=O) groups is 5. The Labute approximate surface area is 236 Å². The van der Waals surface area contributed by atoms with E-state index in [1.807, 2.05) is 6.92 Å². The molecule has 0 aromatic heterocycles. The molecular weight excluding hydrogens is 516 g/mol. The zero-order chi connectivity index (χ0) is 30.3. The quantitative estimate of drug-likeness (QED) is 0.170. The summed E-state index contributed by atoms with van der Waals surface area (Å²) >= 11 is 0. The summed E-state index contributed by atoms with van der Waals surface area (Å²) in [5, 5.41) is 5.14. The number of primary amides is 1. The second-order valence-corrected chi connectivity index (χ2v) is 10.1. The van der Waals surface area contributed by atoms with E-state index < -0.39 is 53.9 Å². The number of ether oxygens (including phenoxy) is 2. The number of unbranched alkanes of at least 4 members (excludes halogenated alkanes) is 2. The molecule has 4 N–H and O–H groups in total. The van der Waals surface area contributed by atoms with Gasteiger partial charge in [0.05, 0.1) is 19.4 Å². The molecule has 2 unspecified atom stereocenters. The predicted octanol–water partition coefficient (Wildman–Crippen LogP) is 2.57. The number of nitrogens with one attached hydrogen (secondary N) is 2. The Morgan fingerprint density at radius 2 is 1.73 bits per heavy atom. The second kappa shape index (κ2) is 16.8.